The highest BCUT2D eigenvalue weighted by molar-refractivity contribution is 6.18. The van der Waals surface area contributed by atoms with Gasteiger partial charge in [0.2, 0.25) is 5.82 Å². The van der Waals surface area contributed by atoms with Crippen LogP contribution in [0.15, 0.2) is 6.07 Å². The van der Waals surface area contributed by atoms with Crippen LogP contribution in [0, 0.1) is 27.6 Å². The first-order valence-electron chi connectivity index (χ1n) is 4.68. The van der Waals surface area contributed by atoms with Crippen LogP contribution in [0.1, 0.15) is 0 Å². The molecule has 0 heterocycles. The highest BCUT2D eigenvalue weighted by Crippen LogP contribution is 2.32. The Kier molecular flexibility index (Phi) is 4.74. The molecule has 1 aromatic carbocycles. The maximum Gasteiger partial charge on any atom is 0.333 e. The predicted octanol–water partition coefficient (Wildman–Crippen LogP) is 2.02. The molecule has 5 nitrogen and oxygen atoms in total. The van der Waals surface area contributed by atoms with Crippen LogP contribution in [-0.2, 0) is 0 Å². The van der Waals surface area contributed by atoms with Crippen molar-refractivity contribution in [3.8, 4) is 0 Å². The van der Waals surface area contributed by atoms with E-state index in [2.05, 4.69) is 5.32 Å². The third kappa shape index (κ3) is 3.02. The van der Waals surface area contributed by atoms with Crippen molar-refractivity contribution < 1.29 is 23.2 Å². The van der Waals surface area contributed by atoms with Gasteiger partial charge in [0.05, 0.1) is 16.9 Å². The molecule has 0 aromatic heterocycles. The Balaban J connectivity index is 3.16. The van der Waals surface area contributed by atoms with Crippen LogP contribution in [-0.4, -0.2) is 28.6 Å². The van der Waals surface area contributed by atoms with Crippen LogP contribution in [0.3, 0.4) is 0 Å². The Labute approximate surface area is 104 Å². The van der Waals surface area contributed by atoms with E-state index >= 15 is 0 Å². The van der Waals surface area contributed by atoms with Gasteiger partial charge >= 0.3 is 5.69 Å². The summed E-state index contributed by atoms with van der Waals surface area (Å²) in [4.78, 5) is 9.31. The normalized spacial score (nSPS) is 12.3. The van der Waals surface area contributed by atoms with E-state index in [-0.39, 0.29) is 18.5 Å². The van der Waals surface area contributed by atoms with Crippen molar-refractivity contribution in [2.45, 2.75) is 6.10 Å². The molecule has 2 N–H and O–H groups in total. The van der Waals surface area contributed by atoms with Gasteiger partial charge in [-0.2, -0.15) is 4.39 Å². The zero-order valence-electron chi connectivity index (χ0n) is 8.79. The third-order valence-corrected chi connectivity index (χ3v) is 2.38. The second-order valence-electron chi connectivity index (χ2n) is 3.32. The van der Waals surface area contributed by atoms with Crippen LogP contribution in [0.25, 0.3) is 0 Å². The van der Waals surface area contributed by atoms with Crippen LogP contribution in [0.5, 0.6) is 0 Å². The lowest BCUT2D eigenvalue weighted by Gasteiger charge is -2.11. The molecule has 0 aliphatic rings. The zero-order chi connectivity index (χ0) is 13.9. The molecule has 18 heavy (non-hydrogen) atoms. The van der Waals surface area contributed by atoms with E-state index < -0.39 is 39.9 Å². The number of rotatable bonds is 5. The van der Waals surface area contributed by atoms with E-state index in [9.17, 15) is 23.3 Å². The largest absolute Gasteiger partial charge is 0.390 e. The van der Waals surface area contributed by atoms with Crippen molar-refractivity contribution in [2.75, 3.05) is 17.7 Å². The summed E-state index contributed by atoms with van der Waals surface area (Å²) in [5.74, 6) is -4.97. The number of nitro groups is 1. The molecule has 0 aliphatic heterocycles. The van der Waals surface area contributed by atoms with Gasteiger partial charge in [0.25, 0.3) is 0 Å². The lowest BCUT2D eigenvalue weighted by molar-refractivity contribution is -0.387. The van der Waals surface area contributed by atoms with Gasteiger partial charge in [0.15, 0.2) is 17.3 Å². The second-order valence-corrected chi connectivity index (χ2v) is 3.63. The van der Waals surface area contributed by atoms with Gasteiger partial charge in [-0.05, 0) is 0 Å². The van der Waals surface area contributed by atoms with Crippen LogP contribution >= 0.6 is 11.6 Å². The zero-order valence-corrected chi connectivity index (χ0v) is 9.55. The number of benzene rings is 1. The van der Waals surface area contributed by atoms with E-state index in [0.717, 1.165) is 0 Å². The molecule has 0 radical (unpaired) electrons. The van der Waals surface area contributed by atoms with Crippen LogP contribution < -0.4 is 5.32 Å². The molecule has 1 rings (SSSR count). The Morgan fingerprint density at radius 3 is 2.56 bits per heavy atom. The number of hydrogen-bond acceptors (Lipinski definition) is 4. The van der Waals surface area contributed by atoms with Gasteiger partial charge in [-0.3, -0.25) is 10.1 Å². The number of alkyl halides is 1. The minimum Gasteiger partial charge on any atom is -0.390 e. The molecule has 0 aliphatic carbocycles. The lowest BCUT2D eigenvalue weighted by Crippen LogP contribution is -2.22. The number of nitro benzene ring substituents is 1. The fourth-order valence-corrected chi connectivity index (χ4v) is 1.31. The van der Waals surface area contributed by atoms with Gasteiger partial charge in [0, 0.05) is 12.6 Å². The number of aliphatic hydroxyl groups is 1. The molecular formula is C9H8ClF3N2O3. The van der Waals surface area contributed by atoms with E-state index in [0.29, 0.717) is 0 Å². The van der Waals surface area contributed by atoms with E-state index in [1.54, 1.807) is 0 Å². The number of nitrogens with zero attached hydrogens (tertiary/aromatic N) is 1. The summed E-state index contributed by atoms with van der Waals surface area (Å²) < 4.78 is 39.3. The quantitative estimate of drug-likeness (QED) is 0.375. The summed E-state index contributed by atoms with van der Waals surface area (Å²) >= 11 is 5.27. The Hall–Kier alpha value is -1.54. The summed E-state index contributed by atoms with van der Waals surface area (Å²) in [6, 6.07) is 0.178. The van der Waals surface area contributed by atoms with E-state index in [1.165, 1.54) is 0 Å². The number of aliphatic hydroxyl groups excluding tert-OH is 1. The highest BCUT2D eigenvalue weighted by Gasteiger charge is 2.28. The molecule has 0 fully saturated rings. The molecule has 1 atom stereocenters. The van der Waals surface area contributed by atoms with Gasteiger partial charge in [-0.15, -0.1) is 11.6 Å². The van der Waals surface area contributed by atoms with Gasteiger partial charge in [-0.1, -0.05) is 0 Å². The minimum absolute atomic E-state index is 0.178. The molecule has 0 bridgehead atoms. The molecule has 0 amide bonds. The first kappa shape index (κ1) is 14.5. The van der Waals surface area contributed by atoms with Gasteiger partial charge in [-0.25, -0.2) is 8.78 Å². The van der Waals surface area contributed by atoms with Crippen molar-refractivity contribution in [3.05, 3.63) is 33.6 Å². The number of halogens is 4. The van der Waals surface area contributed by atoms with Crippen molar-refractivity contribution in [1.29, 1.82) is 0 Å². The molecule has 1 unspecified atom stereocenters. The molecule has 1 aromatic rings. The molecule has 100 valence electrons. The molecule has 0 spiro atoms. The molecular weight excluding hydrogens is 277 g/mol. The van der Waals surface area contributed by atoms with Crippen LogP contribution in [0.4, 0.5) is 24.5 Å². The van der Waals surface area contributed by atoms with E-state index in [4.69, 9.17) is 16.7 Å². The van der Waals surface area contributed by atoms with Crippen molar-refractivity contribution in [2.24, 2.45) is 0 Å². The van der Waals surface area contributed by atoms with Crippen molar-refractivity contribution in [3.63, 3.8) is 0 Å². The Bertz CT molecular complexity index is 473. The average Bonchev–Trinajstić information content (AvgIpc) is 2.30. The molecule has 9 heteroatoms. The number of nitrogens with one attached hydrogen (secondary N) is 1. The first-order valence-corrected chi connectivity index (χ1v) is 5.21. The standard InChI is InChI=1S/C9H8ClF3N2O3/c10-2-4(16)3-14-8-6(12)1-5(11)7(13)9(8)15(17)18/h1,4,14,16H,2-3H2. The fraction of sp³-hybridized carbons (Fsp3) is 0.333. The Morgan fingerprint density at radius 2 is 2.06 bits per heavy atom. The summed E-state index contributed by atoms with van der Waals surface area (Å²) in [6.07, 6.45) is -1.11. The van der Waals surface area contributed by atoms with Crippen molar-refractivity contribution >= 4 is 23.0 Å². The summed E-state index contributed by atoms with van der Waals surface area (Å²) in [5, 5.41) is 21.8. The average molecular weight is 285 g/mol. The Morgan fingerprint density at radius 1 is 1.44 bits per heavy atom. The summed E-state index contributed by atoms with van der Waals surface area (Å²) in [7, 11) is 0. The second kappa shape index (κ2) is 5.87. The SMILES string of the molecule is O=[N+]([O-])c1c(F)c(F)cc(F)c1NCC(O)CCl. The first-order chi connectivity index (χ1) is 8.38. The topological polar surface area (TPSA) is 75.4 Å². The number of hydrogen-bond donors (Lipinski definition) is 2. The number of anilines is 1. The maximum absolute atomic E-state index is 13.3. The smallest absolute Gasteiger partial charge is 0.333 e. The van der Waals surface area contributed by atoms with Gasteiger partial charge in [0.1, 0.15) is 0 Å². The third-order valence-electron chi connectivity index (χ3n) is 2.02. The van der Waals surface area contributed by atoms with E-state index in [1.807, 2.05) is 0 Å². The minimum atomic E-state index is -1.77. The summed E-state index contributed by atoms with van der Waals surface area (Å²) in [6.45, 7) is -0.341. The highest BCUT2D eigenvalue weighted by atomic mass is 35.5. The van der Waals surface area contributed by atoms with Crippen molar-refractivity contribution in [1.82, 2.24) is 0 Å². The maximum atomic E-state index is 13.3. The lowest BCUT2D eigenvalue weighted by atomic mass is 10.2. The monoisotopic (exact) mass is 284 g/mol. The predicted molar refractivity (Wildman–Crippen MR) is 58.2 cm³/mol. The molecule has 0 saturated heterocycles. The fourth-order valence-electron chi connectivity index (χ4n) is 1.20. The molecule has 0 saturated carbocycles. The summed E-state index contributed by atoms with van der Waals surface area (Å²) in [5.41, 5.74) is -2.18. The van der Waals surface area contributed by atoms with Gasteiger partial charge < -0.3 is 10.4 Å². The van der Waals surface area contributed by atoms with Crippen LogP contribution in [0.2, 0.25) is 0 Å².